The fourth-order valence-corrected chi connectivity index (χ4v) is 1.36. The highest BCUT2D eigenvalue weighted by atomic mass is 16.5. The summed E-state index contributed by atoms with van der Waals surface area (Å²) in [4.78, 5) is 0. The molecule has 0 amide bonds. The number of ether oxygens (including phenoxy) is 1. The Labute approximate surface area is 105 Å². The summed E-state index contributed by atoms with van der Waals surface area (Å²) in [6.45, 7) is 4.16. The fourth-order valence-electron chi connectivity index (χ4n) is 1.36. The molecule has 0 saturated carbocycles. The van der Waals surface area contributed by atoms with Crippen molar-refractivity contribution in [2.24, 2.45) is 0 Å². The van der Waals surface area contributed by atoms with E-state index in [2.05, 4.69) is 16.3 Å². The predicted molar refractivity (Wildman–Crippen MR) is 63.9 cm³/mol. The lowest BCUT2D eigenvalue weighted by Crippen LogP contribution is -1.95. The molecule has 0 bridgehead atoms. The molecule has 1 aromatic heterocycles. The summed E-state index contributed by atoms with van der Waals surface area (Å²) in [6, 6.07) is 8.98. The summed E-state index contributed by atoms with van der Waals surface area (Å²) in [5.41, 5.74) is 0.556. The Morgan fingerprint density at radius 1 is 1.39 bits per heavy atom. The first kappa shape index (κ1) is 12.1. The van der Waals surface area contributed by atoms with Crippen LogP contribution < -0.4 is 4.74 Å². The highest BCUT2D eigenvalue weighted by Crippen LogP contribution is 2.16. The van der Waals surface area contributed by atoms with Gasteiger partial charge in [-0.25, -0.2) is 0 Å². The second-order valence-corrected chi connectivity index (χ2v) is 4.12. The summed E-state index contributed by atoms with van der Waals surface area (Å²) in [5.74, 6) is 1.84. The molecule has 0 atom stereocenters. The van der Waals surface area contributed by atoms with Gasteiger partial charge >= 0.3 is 0 Å². The van der Waals surface area contributed by atoms with Gasteiger partial charge in [0.05, 0.1) is 11.6 Å². The van der Waals surface area contributed by atoms with Gasteiger partial charge in [-0.2, -0.15) is 5.26 Å². The van der Waals surface area contributed by atoms with Crippen LogP contribution in [0.5, 0.6) is 5.75 Å². The van der Waals surface area contributed by atoms with Gasteiger partial charge in [-0.3, -0.25) is 0 Å². The monoisotopic (exact) mass is 243 g/mol. The van der Waals surface area contributed by atoms with Gasteiger partial charge in [-0.1, -0.05) is 19.9 Å². The molecule has 0 N–H and O–H groups in total. The Morgan fingerprint density at radius 2 is 2.22 bits per heavy atom. The molecule has 92 valence electrons. The maximum atomic E-state index is 8.77. The first-order valence-corrected chi connectivity index (χ1v) is 5.64. The molecule has 0 radical (unpaired) electrons. The van der Waals surface area contributed by atoms with Gasteiger partial charge in [0.15, 0.2) is 6.61 Å². The molecule has 1 aromatic carbocycles. The van der Waals surface area contributed by atoms with Crippen LogP contribution in [0.4, 0.5) is 0 Å². The standard InChI is InChI=1S/C13H13N3O2/c1-9(2)13-16-15-12(18-13)8-17-11-5-3-4-10(6-11)7-14/h3-6,9H,8H2,1-2H3. The van der Waals surface area contributed by atoms with E-state index in [-0.39, 0.29) is 12.5 Å². The Bertz CT molecular complexity index is 570. The van der Waals surface area contributed by atoms with Gasteiger partial charge in [0, 0.05) is 5.92 Å². The smallest absolute Gasteiger partial charge is 0.253 e. The maximum absolute atomic E-state index is 8.77. The van der Waals surface area contributed by atoms with Gasteiger partial charge in [-0.15, -0.1) is 10.2 Å². The Hall–Kier alpha value is -2.35. The van der Waals surface area contributed by atoms with E-state index < -0.39 is 0 Å². The van der Waals surface area contributed by atoms with Crippen molar-refractivity contribution in [3.05, 3.63) is 41.6 Å². The zero-order chi connectivity index (χ0) is 13.0. The third-order valence-corrected chi connectivity index (χ3v) is 2.30. The molecule has 0 saturated heterocycles. The molecule has 0 spiro atoms. The van der Waals surface area contributed by atoms with Crippen LogP contribution in [0.15, 0.2) is 28.7 Å². The van der Waals surface area contributed by atoms with Crippen molar-refractivity contribution in [2.75, 3.05) is 0 Å². The molecule has 5 nitrogen and oxygen atoms in total. The first-order chi connectivity index (χ1) is 8.69. The number of hydrogen-bond donors (Lipinski definition) is 0. The summed E-state index contributed by atoms with van der Waals surface area (Å²) in [6.07, 6.45) is 0. The van der Waals surface area contributed by atoms with E-state index in [1.807, 2.05) is 13.8 Å². The molecule has 18 heavy (non-hydrogen) atoms. The van der Waals surface area contributed by atoms with Crippen molar-refractivity contribution in [3.8, 4) is 11.8 Å². The fraction of sp³-hybridized carbons (Fsp3) is 0.308. The largest absolute Gasteiger partial charge is 0.484 e. The van der Waals surface area contributed by atoms with Crippen LogP contribution in [0, 0.1) is 11.3 Å². The van der Waals surface area contributed by atoms with Crippen LogP contribution in [0.2, 0.25) is 0 Å². The van der Waals surface area contributed by atoms with Gasteiger partial charge in [0.1, 0.15) is 5.75 Å². The SMILES string of the molecule is CC(C)c1nnc(COc2cccc(C#N)c2)o1. The van der Waals surface area contributed by atoms with Crippen molar-refractivity contribution in [1.82, 2.24) is 10.2 Å². The summed E-state index contributed by atoms with van der Waals surface area (Å²) >= 11 is 0. The zero-order valence-electron chi connectivity index (χ0n) is 10.3. The zero-order valence-corrected chi connectivity index (χ0v) is 10.3. The maximum Gasteiger partial charge on any atom is 0.253 e. The average molecular weight is 243 g/mol. The lowest BCUT2D eigenvalue weighted by Gasteiger charge is -2.02. The number of aromatic nitrogens is 2. The molecule has 1 heterocycles. The third kappa shape index (κ3) is 2.86. The summed E-state index contributed by atoms with van der Waals surface area (Å²) < 4.78 is 10.9. The minimum Gasteiger partial charge on any atom is -0.484 e. The van der Waals surface area contributed by atoms with E-state index in [0.29, 0.717) is 23.1 Å². The molecular formula is C13H13N3O2. The third-order valence-electron chi connectivity index (χ3n) is 2.30. The average Bonchev–Trinajstić information content (AvgIpc) is 2.85. The van der Waals surface area contributed by atoms with Crippen molar-refractivity contribution >= 4 is 0 Å². The molecule has 5 heteroatoms. The molecule has 0 aliphatic heterocycles. The van der Waals surface area contributed by atoms with Crippen LogP contribution in [-0.2, 0) is 6.61 Å². The van der Waals surface area contributed by atoms with Gasteiger partial charge in [0.25, 0.3) is 5.89 Å². The number of benzene rings is 1. The van der Waals surface area contributed by atoms with Crippen LogP contribution in [-0.4, -0.2) is 10.2 Å². The van der Waals surface area contributed by atoms with Crippen LogP contribution in [0.1, 0.15) is 37.1 Å². The van der Waals surface area contributed by atoms with Crippen molar-refractivity contribution in [1.29, 1.82) is 5.26 Å². The van der Waals surface area contributed by atoms with E-state index in [0.717, 1.165) is 0 Å². The Morgan fingerprint density at radius 3 is 2.89 bits per heavy atom. The molecule has 0 aliphatic rings. The number of rotatable bonds is 4. The second kappa shape index (κ2) is 5.32. The Balaban J connectivity index is 2.00. The summed E-state index contributed by atoms with van der Waals surface area (Å²) in [7, 11) is 0. The normalized spacial score (nSPS) is 10.3. The molecule has 2 aromatic rings. The van der Waals surface area contributed by atoms with Crippen molar-refractivity contribution < 1.29 is 9.15 Å². The molecule has 0 fully saturated rings. The van der Waals surface area contributed by atoms with Gasteiger partial charge < -0.3 is 9.15 Å². The second-order valence-electron chi connectivity index (χ2n) is 4.12. The molecule has 0 unspecified atom stereocenters. The van der Waals surface area contributed by atoms with E-state index in [1.165, 1.54) is 0 Å². The predicted octanol–water partition coefficient (Wildman–Crippen LogP) is 2.64. The van der Waals surface area contributed by atoms with E-state index in [1.54, 1.807) is 24.3 Å². The first-order valence-electron chi connectivity index (χ1n) is 5.64. The molecule has 0 aliphatic carbocycles. The number of nitriles is 1. The Kier molecular flexibility index (Phi) is 3.58. The quantitative estimate of drug-likeness (QED) is 0.825. The van der Waals surface area contributed by atoms with Crippen molar-refractivity contribution in [2.45, 2.75) is 26.4 Å². The summed E-state index contributed by atoms with van der Waals surface area (Å²) in [5, 5.41) is 16.6. The number of hydrogen-bond acceptors (Lipinski definition) is 5. The minimum absolute atomic E-state index is 0.202. The van der Waals surface area contributed by atoms with E-state index in [4.69, 9.17) is 14.4 Å². The topological polar surface area (TPSA) is 71.9 Å². The molecule has 2 rings (SSSR count). The van der Waals surface area contributed by atoms with Gasteiger partial charge in [0.2, 0.25) is 5.89 Å². The molecular weight excluding hydrogens is 230 g/mol. The van der Waals surface area contributed by atoms with E-state index in [9.17, 15) is 0 Å². The van der Waals surface area contributed by atoms with Crippen LogP contribution in [0.25, 0.3) is 0 Å². The van der Waals surface area contributed by atoms with E-state index >= 15 is 0 Å². The van der Waals surface area contributed by atoms with Crippen LogP contribution in [0.3, 0.4) is 0 Å². The highest BCUT2D eigenvalue weighted by molar-refractivity contribution is 5.36. The lowest BCUT2D eigenvalue weighted by molar-refractivity contribution is 0.257. The lowest BCUT2D eigenvalue weighted by atomic mass is 10.2. The minimum atomic E-state index is 0.202. The van der Waals surface area contributed by atoms with Crippen molar-refractivity contribution in [3.63, 3.8) is 0 Å². The van der Waals surface area contributed by atoms with Crippen LogP contribution >= 0.6 is 0 Å². The number of nitrogens with zero attached hydrogens (tertiary/aromatic N) is 3. The van der Waals surface area contributed by atoms with Gasteiger partial charge in [-0.05, 0) is 18.2 Å². The highest BCUT2D eigenvalue weighted by Gasteiger charge is 2.09.